The number of carbonyl (C=O) groups is 1. The summed E-state index contributed by atoms with van der Waals surface area (Å²) in [7, 11) is 0. The fourth-order valence-corrected chi connectivity index (χ4v) is 3.49. The number of halogens is 2. The lowest BCUT2D eigenvalue weighted by Gasteiger charge is -2.18. The highest BCUT2D eigenvalue weighted by atomic mass is 19.1. The molecule has 3 rings (SSSR count). The Morgan fingerprint density at radius 2 is 1.47 bits per heavy atom. The van der Waals surface area contributed by atoms with Crippen molar-refractivity contribution in [3.63, 3.8) is 0 Å². The number of amides is 2. The number of aryl methyl sites for hydroxylation is 1. The maximum Gasteiger partial charge on any atom is 0.319 e. The molecular weight excluding hydrogens is 382 g/mol. The van der Waals surface area contributed by atoms with Crippen LogP contribution in [0.15, 0.2) is 72.8 Å². The Morgan fingerprint density at radius 3 is 2.03 bits per heavy atom. The van der Waals surface area contributed by atoms with Gasteiger partial charge in [0.25, 0.3) is 0 Å². The van der Waals surface area contributed by atoms with Gasteiger partial charge in [-0.15, -0.1) is 0 Å². The maximum absolute atomic E-state index is 13.3. The minimum atomic E-state index is -0.277. The second kappa shape index (κ2) is 10.5. The van der Waals surface area contributed by atoms with E-state index in [2.05, 4.69) is 10.6 Å². The molecule has 0 aliphatic rings. The lowest BCUT2D eigenvalue weighted by Crippen LogP contribution is -2.29. The van der Waals surface area contributed by atoms with Gasteiger partial charge in [0.1, 0.15) is 11.6 Å². The minimum absolute atomic E-state index is 0.0484. The zero-order valence-electron chi connectivity index (χ0n) is 17.0. The third-order valence-electron chi connectivity index (χ3n) is 5.03. The molecule has 2 N–H and O–H groups in total. The highest BCUT2D eigenvalue weighted by molar-refractivity contribution is 5.89. The first-order chi connectivity index (χ1) is 14.5. The van der Waals surface area contributed by atoms with Crippen LogP contribution in [0, 0.1) is 18.6 Å². The van der Waals surface area contributed by atoms with Crippen LogP contribution >= 0.6 is 0 Å². The number of carbonyl (C=O) groups excluding carboxylic acids is 1. The van der Waals surface area contributed by atoms with E-state index in [1.54, 1.807) is 24.3 Å². The zero-order valence-corrected chi connectivity index (χ0v) is 17.0. The molecule has 3 nitrogen and oxygen atoms in total. The van der Waals surface area contributed by atoms with Gasteiger partial charge >= 0.3 is 6.03 Å². The average molecular weight is 408 g/mol. The number of hydrogen-bond acceptors (Lipinski definition) is 1. The topological polar surface area (TPSA) is 41.1 Å². The van der Waals surface area contributed by atoms with E-state index in [1.807, 2.05) is 31.2 Å². The van der Waals surface area contributed by atoms with Gasteiger partial charge in [0.15, 0.2) is 0 Å². The second-order valence-electron chi connectivity index (χ2n) is 7.40. The molecule has 3 aromatic rings. The molecule has 3 aromatic carbocycles. The highest BCUT2D eigenvalue weighted by Crippen LogP contribution is 2.30. The molecular formula is C25H26F2N2O. The summed E-state index contributed by atoms with van der Waals surface area (Å²) in [4.78, 5) is 12.0. The van der Waals surface area contributed by atoms with Gasteiger partial charge in [-0.2, -0.15) is 0 Å². The maximum atomic E-state index is 13.3. The molecule has 0 heterocycles. The predicted molar refractivity (Wildman–Crippen MR) is 117 cm³/mol. The summed E-state index contributed by atoms with van der Waals surface area (Å²) < 4.78 is 26.6. The predicted octanol–water partition coefficient (Wildman–Crippen LogP) is 6.40. The number of rotatable bonds is 8. The molecule has 0 fully saturated rings. The summed E-state index contributed by atoms with van der Waals surface area (Å²) >= 11 is 0. The Labute approximate surface area is 176 Å². The molecule has 0 unspecified atom stereocenters. The molecule has 0 aliphatic heterocycles. The third kappa shape index (κ3) is 6.41. The van der Waals surface area contributed by atoms with E-state index < -0.39 is 0 Å². The summed E-state index contributed by atoms with van der Waals surface area (Å²) in [5.74, 6) is -0.506. The summed E-state index contributed by atoms with van der Waals surface area (Å²) in [6, 6.07) is 20.3. The molecule has 0 radical (unpaired) electrons. The Kier molecular flexibility index (Phi) is 7.55. The van der Waals surface area contributed by atoms with Gasteiger partial charge in [-0.25, -0.2) is 13.6 Å². The van der Waals surface area contributed by atoms with Crippen LogP contribution in [0.25, 0.3) is 0 Å². The van der Waals surface area contributed by atoms with Gasteiger partial charge in [-0.05, 0) is 72.9 Å². The van der Waals surface area contributed by atoms with Crippen molar-refractivity contribution < 1.29 is 13.6 Å². The largest absolute Gasteiger partial charge is 0.338 e. The van der Waals surface area contributed by atoms with E-state index >= 15 is 0 Å². The molecule has 2 amide bonds. The van der Waals surface area contributed by atoms with E-state index in [9.17, 15) is 13.6 Å². The number of unbranched alkanes of at least 4 members (excludes halogenated alkanes) is 1. The van der Waals surface area contributed by atoms with Gasteiger partial charge in [0.2, 0.25) is 0 Å². The molecule has 5 heteroatoms. The summed E-state index contributed by atoms with van der Waals surface area (Å²) in [5, 5.41) is 5.69. The lowest BCUT2D eigenvalue weighted by atomic mass is 9.87. The third-order valence-corrected chi connectivity index (χ3v) is 5.03. The van der Waals surface area contributed by atoms with E-state index in [0.29, 0.717) is 6.54 Å². The van der Waals surface area contributed by atoms with Crippen molar-refractivity contribution in [3.05, 3.63) is 101 Å². The van der Waals surface area contributed by atoms with Crippen LogP contribution in [0.1, 0.15) is 41.9 Å². The standard InChI is InChI=1S/C25H26F2N2O/c1-18-5-4-6-23(17-18)29-25(30)28-16-3-2-7-24(19-8-12-21(26)13-9-19)20-10-14-22(27)15-11-20/h4-6,8-15,17,24H,2-3,7,16H2,1H3,(H2,28,29,30). The monoisotopic (exact) mass is 408 g/mol. The van der Waals surface area contributed by atoms with E-state index in [-0.39, 0.29) is 23.6 Å². The lowest BCUT2D eigenvalue weighted by molar-refractivity contribution is 0.252. The molecule has 0 spiro atoms. The van der Waals surface area contributed by atoms with Crippen LogP contribution < -0.4 is 10.6 Å². The Hall–Kier alpha value is -3.21. The normalized spacial score (nSPS) is 10.8. The van der Waals surface area contributed by atoms with Gasteiger partial charge in [-0.1, -0.05) is 42.8 Å². The first kappa shape index (κ1) is 21.5. The smallest absolute Gasteiger partial charge is 0.319 e. The fraction of sp³-hybridized carbons (Fsp3) is 0.240. The van der Waals surface area contributed by atoms with Gasteiger partial charge < -0.3 is 10.6 Å². The average Bonchev–Trinajstić information content (AvgIpc) is 2.72. The van der Waals surface area contributed by atoms with Crippen molar-refractivity contribution in [2.45, 2.75) is 32.1 Å². The molecule has 0 bridgehead atoms. The van der Waals surface area contributed by atoms with Crippen LogP contribution in [0.3, 0.4) is 0 Å². The van der Waals surface area contributed by atoms with Gasteiger partial charge in [0.05, 0.1) is 0 Å². The quantitative estimate of drug-likeness (QED) is 0.416. The minimum Gasteiger partial charge on any atom is -0.338 e. The van der Waals surface area contributed by atoms with Crippen LogP contribution in [0.2, 0.25) is 0 Å². The summed E-state index contributed by atoms with van der Waals surface area (Å²) in [6.45, 7) is 2.53. The summed E-state index contributed by atoms with van der Waals surface area (Å²) in [6.07, 6.45) is 2.49. The molecule has 0 aliphatic carbocycles. The highest BCUT2D eigenvalue weighted by Gasteiger charge is 2.14. The van der Waals surface area contributed by atoms with E-state index in [0.717, 1.165) is 41.6 Å². The fourth-order valence-electron chi connectivity index (χ4n) is 3.49. The number of benzene rings is 3. The Bertz CT molecular complexity index is 910. The Morgan fingerprint density at radius 1 is 0.867 bits per heavy atom. The van der Waals surface area contributed by atoms with Gasteiger partial charge in [-0.3, -0.25) is 0 Å². The van der Waals surface area contributed by atoms with Crippen LogP contribution in [0.4, 0.5) is 19.3 Å². The molecule has 0 saturated carbocycles. The van der Waals surface area contributed by atoms with E-state index in [1.165, 1.54) is 24.3 Å². The van der Waals surface area contributed by atoms with Crippen molar-refractivity contribution in [2.24, 2.45) is 0 Å². The molecule has 0 atom stereocenters. The van der Waals surface area contributed by atoms with Crippen molar-refractivity contribution in [3.8, 4) is 0 Å². The SMILES string of the molecule is Cc1cccc(NC(=O)NCCCCC(c2ccc(F)cc2)c2ccc(F)cc2)c1. The van der Waals surface area contributed by atoms with Crippen LogP contribution in [-0.2, 0) is 0 Å². The van der Waals surface area contributed by atoms with Crippen molar-refractivity contribution in [1.82, 2.24) is 5.32 Å². The Balaban J connectivity index is 1.51. The van der Waals surface area contributed by atoms with E-state index in [4.69, 9.17) is 0 Å². The molecule has 0 aromatic heterocycles. The molecule has 156 valence electrons. The van der Waals surface area contributed by atoms with Crippen LogP contribution in [-0.4, -0.2) is 12.6 Å². The summed E-state index contributed by atoms with van der Waals surface area (Å²) in [5.41, 5.74) is 3.84. The van der Waals surface area contributed by atoms with Gasteiger partial charge in [0, 0.05) is 18.2 Å². The number of hydrogen-bond donors (Lipinski definition) is 2. The molecule has 30 heavy (non-hydrogen) atoms. The second-order valence-corrected chi connectivity index (χ2v) is 7.40. The van der Waals surface area contributed by atoms with Crippen molar-refractivity contribution in [2.75, 3.05) is 11.9 Å². The number of urea groups is 1. The first-order valence-electron chi connectivity index (χ1n) is 10.1. The van der Waals surface area contributed by atoms with Crippen LogP contribution in [0.5, 0.6) is 0 Å². The van der Waals surface area contributed by atoms with Crippen molar-refractivity contribution >= 4 is 11.7 Å². The number of nitrogens with one attached hydrogen (secondary N) is 2. The zero-order chi connectivity index (χ0) is 21.3. The van der Waals surface area contributed by atoms with Crippen molar-refractivity contribution in [1.29, 1.82) is 0 Å². The molecule has 0 saturated heterocycles. The number of anilines is 1. The first-order valence-corrected chi connectivity index (χ1v) is 10.1.